The van der Waals surface area contributed by atoms with Crippen molar-refractivity contribution in [3.8, 4) is 0 Å². The maximum absolute atomic E-state index is 9.63. The van der Waals surface area contributed by atoms with Gasteiger partial charge in [0.05, 0.1) is 5.60 Å². The van der Waals surface area contributed by atoms with E-state index in [9.17, 15) is 5.11 Å². The van der Waals surface area contributed by atoms with E-state index in [1.165, 1.54) is 11.3 Å². The highest BCUT2D eigenvalue weighted by Crippen LogP contribution is 2.22. The summed E-state index contributed by atoms with van der Waals surface area (Å²) in [5.41, 5.74) is 2.98. The summed E-state index contributed by atoms with van der Waals surface area (Å²) in [6.45, 7) is 6.54. The van der Waals surface area contributed by atoms with E-state index in [2.05, 4.69) is 35.3 Å². The van der Waals surface area contributed by atoms with Crippen LogP contribution in [-0.4, -0.2) is 31.3 Å². The monoisotopic (exact) mass is 236 g/mol. The molecule has 0 atom stereocenters. The molecule has 0 aromatic heterocycles. The van der Waals surface area contributed by atoms with Gasteiger partial charge in [0.15, 0.2) is 0 Å². The van der Waals surface area contributed by atoms with E-state index >= 15 is 0 Å². The molecule has 0 aliphatic carbocycles. The van der Waals surface area contributed by atoms with Crippen LogP contribution < -0.4 is 10.2 Å². The van der Waals surface area contributed by atoms with Crippen LogP contribution in [0.2, 0.25) is 0 Å². The normalized spacial score (nSPS) is 11.4. The van der Waals surface area contributed by atoms with Crippen LogP contribution in [-0.2, 0) is 0 Å². The molecule has 0 radical (unpaired) electrons. The topological polar surface area (TPSA) is 35.5 Å². The minimum atomic E-state index is -0.609. The predicted molar refractivity (Wildman–Crippen MR) is 74.9 cm³/mol. The summed E-state index contributed by atoms with van der Waals surface area (Å²) in [7, 11) is 4.09. The van der Waals surface area contributed by atoms with Crippen molar-refractivity contribution in [1.29, 1.82) is 0 Å². The molecule has 0 aliphatic heterocycles. The Hall–Kier alpha value is -1.22. The van der Waals surface area contributed by atoms with Crippen LogP contribution in [0.4, 0.5) is 11.4 Å². The fraction of sp³-hybridized carbons (Fsp3) is 0.571. The van der Waals surface area contributed by atoms with Gasteiger partial charge in [-0.1, -0.05) is 6.07 Å². The molecule has 0 heterocycles. The number of benzene rings is 1. The van der Waals surface area contributed by atoms with Crippen LogP contribution in [0.25, 0.3) is 0 Å². The Morgan fingerprint density at radius 2 is 1.94 bits per heavy atom. The second-order valence-electron chi connectivity index (χ2n) is 5.38. The van der Waals surface area contributed by atoms with Crippen molar-refractivity contribution in [3.05, 3.63) is 23.8 Å². The summed E-state index contributed by atoms with van der Waals surface area (Å²) in [5.74, 6) is 0. The smallest absolute Gasteiger partial charge is 0.0608 e. The number of hydrogen-bond acceptors (Lipinski definition) is 3. The van der Waals surface area contributed by atoms with Crippen LogP contribution in [0.1, 0.15) is 25.8 Å². The molecule has 0 saturated carbocycles. The molecule has 1 rings (SSSR count). The van der Waals surface area contributed by atoms with Gasteiger partial charge in [-0.15, -0.1) is 0 Å². The van der Waals surface area contributed by atoms with E-state index in [1.807, 2.05) is 27.9 Å². The van der Waals surface area contributed by atoms with Crippen LogP contribution >= 0.6 is 0 Å². The lowest BCUT2D eigenvalue weighted by Crippen LogP contribution is -2.22. The van der Waals surface area contributed by atoms with Crippen LogP contribution in [0.15, 0.2) is 18.2 Å². The Kier molecular flexibility index (Phi) is 4.40. The standard InChI is InChI=1S/C14H24N2O/c1-11-6-7-12(10-13(11)16(4)5)15-9-8-14(2,3)17/h6-7,10,15,17H,8-9H2,1-5H3. The quantitative estimate of drug-likeness (QED) is 0.825. The highest BCUT2D eigenvalue weighted by Gasteiger charge is 2.11. The first-order chi connectivity index (χ1) is 7.79. The van der Waals surface area contributed by atoms with Gasteiger partial charge >= 0.3 is 0 Å². The van der Waals surface area contributed by atoms with Crippen molar-refractivity contribution in [3.63, 3.8) is 0 Å². The molecular formula is C14H24N2O. The van der Waals surface area contributed by atoms with E-state index in [4.69, 9.17) is 0 Å². The number of nitrogens with zero attached hydrogens (tertiary/aromatic N) is 1. The zero-order valence-electron chi connectivity index (χ0n) is 11.5. The van der Waals surface area contributed by atoms with E-state index in [0.29, 0.717) is 0 Å². The van der Waals surface area contributed by atoms with E-state index < -0.39 is 5.60 Å². The number of aryl methyl sites for hydroxylation is 1. The first kappa shape index (κ1) is 13.8. The largest absolute Gasteiger partial charge is 0.390 e. The molecule has 0 amide bonds. The summed E-state index contributed by atoms with van der Waals surface area (Å²) >= 11 is 0. The zero-order valence-corrected chi connectivity index (χ0v) is 11.5. The van der Waals surface area contributed by atoms with Gasteiger partial charge in [-0.05, 0) is 44.9 Å². The maximum Gasteiger partial charge on any atom is 0.0608 e. The zero-order chi connectivity index (χ0) is 13.1. The average molecular weight is 236 g/mol. The Bertz CT molecular complexity index is 367. The highest BCUT2D eigenvalue weighted by atomic mass is 16.3. The molecule has 1 aromatic carbocycles. The lowest BCUT2D eigenvalue weighted by Gasteiger charge is -2.20. The van der Waals surface area contributed by atoms with Crippen molar-refractivity contribution < 1.29 is 5.11 Å². The van der Waals surface area contributed by atoms with E-state index in [0.717, 1.165) is 18.7 Å². The van der Waals surface area contributed by atoms with Gasteiger partial charge in [0, 0.05) is 32.0 Å². The van der Waals surface area contributed by atoms with Crippen molar-refractivity contribution in [2.45, 2.75) is 32.8 Å². The van der Waals surface area contributed by atoms with E-state index in [-0.39, 0.29) is 0 Å². The molecule has 96 valence electrons. The van der Waals surface area contributed by atoms with Gasteiger partial charge in [0.2, 0.25) is 0 Å². The molecular weight excluding hydrogens is 212 g/mol. The molecule has 0 bridgehead atoms. The summed E-state index contributed by atoms with van der Waals surface area (Å²) in [5, 5.41) is 13.0. The fourth-order valence-electron chi connectivity index (χ4n) is 1.71. The molecule has 0 saturated heterocycles. The molecule has 1 aromatic rings. The van der Waals surface area contributed by atoms with Gasteiger partial charge in [0.25, 0.3) is 0 Å². The van der Waals surface area contributed by atoms with Crippen molar-refractivity contribution >= 4 is 11.4 Å². The SMILES string of the molecule is Cc1ccc(NCCC(C)(C)O)cc1N(C)C. The van der Waals surface area contributed by atoms with Crippen LogP contribution in [0, 0.1) is 6.92 Å². The molecule has 0 spiro atoms. The number of anilines is 2. The predicted octanol–water partition coefficient (Wildman–Crippen LogP) is 2.63. The van der Waals surface area contributed by atoms with Gasteiger partial charge in [0.1, 0.15) is 0 Å². The fourth-order valence-corrected chi connectivity index (χ4v) is 1.71. The summed E-state index contributed by atoms with van der Waals surface area (Å²) in [4.78, 5) is 2.11. The number of nitrogens with one attached hydrogen (secondary N) is 1. The summed E-state index contributed by atoms with van der Waals surface area (Å²) < 4.78 is 0. The second kappa shape index (κ2) is 5.41. The minimum Gasteiger partial charge on any atom is -0.390 e. The lowest BCUT2D eigenvalue weighted by atomic mass is 10.1. The van der Waals surface area contributed by atoms with Crippen molar-refractivity contribution in [2.75, 3.05) is 30.9 Å². The van der Waals surface area contributed by atoms with Crippen LogP contribution in [0.5, 0.6) is 0 Å². The Labute approximate surface area is 104 Å². The lowest BCUT2D eigenvalue weighted by molar-refractivity contribution is 0.0749. The third kappa shape index (κ3) is 4.65. The van der Waals surface area contributed by atoms with Gasteiger partial charge in [-0.3, -0.25) is 0 Å². The first-order valence-electron chi connectivity index (χ1n) is 6.04. The van der Waals surface area contributed by atoms with Crippen molar-refractivity contribution in [2.24, 2.45) is 0 Å². The number of aliphatic hydroxyl groups is 1. The van der Waals surface area contributed by atoms with Gasteiger partial charge < -0.3 is 15.3 Å². The molecule has 3 heteroatoms. The van der Waals surface area contributed by atoms with E-state index in [1.54, 1.807) is 0 Å². The summed E-state index contributed by atoms with van der Waals surface area (Å²) in [6, 6.07) is 6.33. The Balaban J connectivity index is 2.64. The first-order valence-corrected chi connectivity index (χ1v) is 6.04. The molecule has 3 nitrogen and oxygen atoms in total. The maximum atomic E-state index is 9.63. The third-order valence-electron chi connectivity index (χ3n) is 2.76. The number of hydrogen-bond donors (Lipinski definition) is 2. The Morgan fingerprint density at radius 3 is 2.47 bits per heavy atom. The van der Waals surface area contributed by atoms with Gasteiger partial charge in [-0.2, -0.15) is 0 Å². The van der Waals surface area contributed by atoms with Gasteiger partial charge in [-0.25, -0.2) is 0 Å². The minimum absolute atomic E-state index is 0.609. The molecule has 17 heavy (non-hydrogen) atoms. The third-order valence-corrected chi connectivity index (χ3v) is 2.76. The second-order valence-corrected chi connectivity index (χ2v) is 5.38. The summed E-state index contributed by atoms with van der Waals surface area (Å²) in [6.07, 6.45) is 0.734. The van der Waals surface area contributed by atoms with Crippen LogP contribution in [0.3, 0.4) is 0 Å². The Morgan fingerprint density at radius 1 is 1.29 bits per heavy atom. The number of rotatable bonds is 5. The molecule has 2 N–H and O–H groups in total. The average Bonchev–Trinajstić information content (AvgIpc) is 2.18. The molecule has 0 aliphatic rings. The molecule has 0 fully saturated rings. The molecule has 0 unspecified atom stereocenters. The van der Waals surface area contributed by atoms with Crippen molar-refractivity contribution in [1.82, 2.24) is 0 Å². The highest BCUT2D eigenvalue weighted by molar-refractivity contribution is 5.61.